The number of benzene rings is 1. The summed E-state index contributed by atoms with van der Waals surface area (Å²) in [6, 6.07) is 5.16. The van der Waals surface area contributed by atoms with Crippen molar-refractivity contribution in [2.75, 3.05) is 18.0 Å². The zero-order chi connectivity index (χ0) is 13.1. The molecule has 0 bridgehead atoms. The Hall–Kier alpha value is -2.20. The van der Waals surface area contributed by atoms with E-state index in [4.69, 9.17) is 5.53 Å². The van der Waals surface area contributed by atoms with Gasteiger partial charge in [0.1, 0.15) is 5.75 Å². The van der Waals surface area contributed by atoms with E-state index in [1.165, 1.54) is 0 Å². The predicted molar refractivity (Wildman–Crippen MR) is 67.3 cm³/mol. The Bertz CT molecular complexity index is 503. The summed E-state index contributed by atoms with van der Waals surface area (Å²) in [7, 11) is 0. The van der Waals surface area contributed by atoms with Crippen molar-refractivity contribution in [3.05, 3.63) is 34.2 Å². The van der Waals surface area contributed by atoms with Crippen molar-refractivity contribution in [2.45, 2.75) is 13.3 Å². The first-order valence-electron chi connectivity index (χ1n) is 5.73. The summed E-state index contributed by atoms with van der Waals surface area (Å²) < 4.78 is 0. The maximum Gasteiger partial charge on any atom is 0.227 e. The molecule has 1 N–H and O–H groups in total. The number of carbonyl (C=O) groups excluding carboxylic acids is 1. The van der Waals surface area contributed by atoms with Gasteiger partial charge < -0.3 is 10.0 Å². The van der Waals surface area contributed by atoms with Crippen LogP contribution in [0.15, 0.2) is 23.3 Å². The molecule has 1 saturated heterocycles. The van der Waals surface area contributed by atoms with E-state index in [2.05, 4.69) is 10.0 Å². The van der Waals surface area contributed by atoms with Gasteiger partial charge in [-0.15, -0.1) is 0 Å². The minimum atomic E-state index is -0.0438. The molecule has 2 rings (SSSR count). The Balaban J connectivity index is 2.24. The van der Waals surface area contributed by atoms with Crippen molar-refractivity contribution in [1.29, 1.82) is 0 Å². The number of phenols is 1. The first-order valence-corrected chi connectivity index (χ1v) is 5.73. The zero-order valence-corrected chi connectivity index (χ0v) is 10.1. The van der Waals surface area contributed by atoms with Crippen LogP contribution < -0.4 is 4.90 Å². The van der Waals surface area contributed by atoms with Crippen LogP contribution in [-0.2, 0) is 4.79 Å². The molecule has 1 fully saturated rings. The molecule has 0 saturated carbocycles. The lowest BCUT2D eigenvalue weighted by molar-refractivity contribution is -0.117. The van der Waals surface area contributed by atoms with E-state index in [9.17, 15) is 9.90 Å². The Morgan fingerprint density at radius 3 is 3.06 bits per heavy atom. The second kappa shape index (κ2) is 4.98. The molecule has 6 nitrogen and oxygen atoms in total. The fourth-order valence-corrected chi connectivity index (χ4v) is 2.27. The van der Waals surface area contributed by atoms with Crippen LogP contribution in [0, 0.1) is 12.8 Å². The minimum absolute atomic E-state index is 0.0207. The number of nitrogens with zero attached hydrogens (tertiary/aromatic N) is 4. The fraction of sp³-hybridized carbons (Fsp3) is 0.417. The molecule has 0 aromatic heterocycles. The van der Waals surface area contributed by atoms with E-state index in [0.717, 1.165) is 5.56 Å². The number of phenolic OH excluding ortho intramolecular Hbond substituents is 1. The number of aromatic hydroxyl groups is 1. The lowest BCUT2D eigenvalue weighted by Crippen LogP contribution is -2.25. The number of aryl methyl sites for hydroxylation is 1. The summed E-state index contributed by atoms with van der Waals surface area (Å²) in [6.07, 6.45) is 0.354. The van der Waals surface area contributed by atoms with E-state index in [1.807, 2.05) is 13.0 Å². The van der Waals surface area contributed by atoms with Gasteiger partial charge in [-0.25, -0.2) is 0 Å². The number of carbonyl (C=O) groups is 1. The average Bonchev–Trinajstić information content (AvgIpc) is 2.68. The summed E-state index contributed by atoms with van der Waals surface area (Å²) >= 11 is 0. The molecule has 1 aromatic rings. The fourth-order valence-electron chi connectivity index (χ4n) is 2.27. The first kappa shape index (κ1) is 12.3. The zero-order valence-electron chi connectivity index (χ0n) is 10.1. The molecule has 18 heavy (non-hydrogen) atoms. The van der Waals surface area contributed by atoms with Gasteiger partial charge in [0.05, 0.1) is 5.69 Å². The van der Waals surface area contributed by atoms with Gasteiger partial charge in [-0.2, -0.15) is 0 Å². The SMILES string of the molecule is Cc1cccc(O)c1N1CC(CN=[N+]=[N-])CC1=O. The highest BCUT2D eigenvalue weighted by Gasteiger charge is 2.32. The van der Waals surface area contributed by atoms with Gasteiger partial charge in [-0.1, -0.05) is 17.2 Å². The molecule has 1 atom stereocenters. The van der Waals surface area contributed by atoms with E-state index >= 15 is 0 Å². The van der Waals surface area contributed by atoms with Crippen LogP contribution in [0.2, 0.25) is 0 Å². The average molecular weight is 246 g/mol. The Kier molecular flexibility index (Phi) is 3.39. The van der Waals surface area contributed by atoms with Gasteiger partial charge in [0.15, 0.2) is 0 Å². The van der Waals surface area contributed by atoms with Crippen molar-refractivity contribution in [2.24, 2.45) is 11.0 Å². The van der Waals surface area contributed by atoms with Gasteiger partial charge in [0.2, 0.25) is 5.91 Å². The Morgan fingerprint density at radius 2 is 2.39 bits per heavy atom. The third-order valence-electron chi connectivity index (χ3n) is 3.09. The molecule has 1 heterocycles. The molecule has 1 aromatic carbocycles. The summed E-state index contributed by atoms with van der Waals surface area (Å²) in [5.74, 6) is 0.0814. The quantitative estimate of drug-likeness (QED) is 0.504. The number of amides is 1. The highest BCUT2D eigenvalue weighted by molar-refractivity contribution is 5.97. The Labute approximate surface area is 104 Å². The van der Waals surface area contributed by atoms with Crippen LogP contribution in [0.25, 0.3) is 10.4 Å². The molecular weight excluding hydrogens is 232 g/mol. The Morgan fingerprint density at radius 1 is 1.61 bits per heavy atom. The van der Waals surface area contributed by atoms with E-state index in [-0.39, 0.29) is 17.6 Å². The largest absolute Gasteiger partial charge is 0.506 e. The van der Waals surface area contributed by atoms with Crippen LogP contribution in [-0.4, -0.2) is 24.1 Å². The highest BCUT2D eigenvalue weighted by atomic mass is 16.3. The van der Waals surface area contributed by atoms with E-state index < -0.39 is 0 Å². The van der Waals surface area contributed by atoms with Crippen molar-refractivity contribution < 1.29 is 9.90 Å². The number of rotatable bonds is 3. The number of hydrogen-bond donors (Lipinski definition) is 1. The molecular formula is C12H14N4O2. The molecule has 1 aliphatic rings. The summed E-state index contributed by atoms with van der Waals surface area (Å²) in [5.41, 5.74) is 9.70. The predicted octanol–water partition coefficient (Wildman–Crippen LogP) is 2.36. The first-order chi connectivity index (χ1) is 8.63. The minimum Gasteiger partial charge on any atom is -0.506 e. The van der Waals surface area contributed by atoms with Gasteiger partial charge in [-0.3, -0.25) is 4.79 Å². The summed E-state index contributed by atoms with van der Waals surface area (Å²) in [5, 5.41) is 13.4. The topological polar surface area (TPSA) is 89.3 Å². The summed E-state index contributed by atoms with van der Waals surface area (Å²) in [6.45, 7) is 2.64. The number of hydrogen-bond acceptors (Lipinski definition) is 3. The van der Waals surface area contributed by atoms with Gasteiger partial charge in [-0.05, 0) is 30.0 Å². The third kappa shape index (κ3) is 2.24. The summed E-state index contributed by atoms with van der Waals surface area (Å²) in [4.78, 5) is 16.2. The van der Waals surface area contributed by atoms with Crippen LogP contribution in [0.1, 0.15) is 12.0 Å². The maximum absolute atomic E-state index is 11.9. The molecule has 94 valence electrons. The number of anilines is 1. The van der Waals surface area contributed by atoms with Crippen molar-refractivity contribution in [1.82, 2.24) is 0 Å². The smallest absolute Gasteiger partial charge is 0.227 e. The molecule has 1 amide bonds. The molecule has 0 radical (unpaired) electrons. The van der Waals surface area contributed by atoms with Gasteiger partial charge >= 0.3 is 0 Å². The van der Waals surface area contributed by atoms with Crippen molar-refractivity contribution in [3.8, 4) is 5.75 Å². The third-order valence-corrected chi connectivity index (χ3v) is 3.09. The van der Waals surface area contributed by atoms with Crippen LogP contribution in [0.4, 0.5) is 5.69 Å². The lowest BCUT2D eigenvalue weighted by atomic mass is 10.1. The standard InChI is InChI=1S/C12H14N4O2/c1-8-3-2-4-10(17)12(8)16-7-9(5-11(16)18)6-14-15-13/h2-4,9,17H,5-7H2,1H3. The van der Waals surface area contributed by atoms with E-state index in [0.29, 0.717) is 25.2 Å². The molecule has 6 heteroatoms. The molecule has 0 spiro atoms. The second-order valence-corrected chi connectivity index (χ2v) is 4.43. The van der Waals surface area contributed by atoms with Crippen molar-refractivity contribution >= 4 is 11.6 Å². The number of para-hydroxylation sites is 1. The highest BCUT2D eigenvalue weighted by Crippen LogP contribution is 2.35. The lowest BCUT2D eigenvalue weighted by Gasteiger charge is -2.20. The molecule has 1 aliphatic heterocycles. The van der Waals surface area contributed by atoms with Gasteiger partial charge in [0, 0.05) is 24.4 Å². The van der Waals surface area contributed by atoms with Crippen LogP contribution >= 0.6 is 0 Å². The van der Waals surface area contributed by atoms with E-state index in [1.54, 1.807) is 17.0 Å². The monoisotopic (exact) mass is 246 g/mol. The molecule has 1 unspecified atom stereocenters. The van der Waals surface area contributed by atoms with Crippen LogP contribution in [0.5, 0.6) is 5.75 Å². The second-order valence-electron chi connectivity index (χ2n) is 4.43. The number of azide groups is 1. The van der Waals surface area contributed by atoms with Crippen LogP contribution in [0.3, 0.4) is 0 Å². The van der Waals surface area contributed by atoms with Gasteiger partial charge in [0.25, 0.3) is 0 Å². The van der Waals surface area contributed by atoms with Crippen molar-refractivity contribution in [3.63, 3.8) is 0 Å². The molecule has 0 aliphatic carbocycles. The maximum atomic E-state index is 11.9. The normalized spacial score (nSPS) is 18.8.